The molecule has 0 bridgehead atoms. The SMILES string of the molecule is Cc1ccc(S(=O)(=O)O)cc1.Nc1c(Br)cc(C(=O)NCC2CCN(CC3CCOCC3)CC2)c2c1CCCO2. The van der Waals surface area contributed by atoms with Crippen LogP contribution in [0, 0.1) is 18.8 Å². The van der Waals surface area contributed by atoms with Gasteiger partial charge in [-0.2, -0.15) is 8.42 Å². The molecule has 1 amide bonds. The molecule has 4 N–H and O–H groups in total. The summed E-state index contributed by atoms with van der Waals surface area (Å²) in [6, 6.07) is 7.78. The molecule has 2 aromatic carbocycles. The Morgan fingerprint density at radius 2 is 1.77 bits per heavy atom. The third-order valence-corrected chi connectivity index (χ3v) is 9.39. The van der Waals surface area contributed by atoms with Crippen LogP contribution in [-0.4, -0.2) is 69.8 Å². The van der Waals surface area contributed by atoms with Crippen molar-refractivity contribution in [2.24, 2.45) is 11.8 Å². The van der Waals surface area contributed by atoms with Crippen molar-refractivity contribution in [1.82, 2.24) is 10.2 Å². The van der Waals surface area contributed by atoms with Crippen molar-refractivity contribution < 1.29 is 27.2 Å². The number of ether oxygens (including phenoxy) is 2. The lowest BCUT2D eigenvalue weighted by Gasteiger charge is -2.35. The van der Waals surface area contributed by atoms with E-state index in [1.54, 1.807) is 18.2 Å². The van der Waals surface area contributed by atoms with Gasteiger partial charge in [0.05, 0.1) is 22.8 Å². The number of aryl methyl sites for hydroxylation is 1. The number of hydrogen-bond acceptors (Lipinski definition) is 7. The average molecular weight is 639 g/mol. The van der Waals surface area contributed by atoms with E-state index in [-0.39, 0.29) is 10.8 Å². The normalized spacial score (nSPS) is 18.7. The maximum Gasteiger partial charge on any atom is 0.294 e. The number of amides is 1. The number of nitrogens with zero attached hydrogens (tertiary/aromatic N) is 1. The Labute approximate surface area is 245 Å². The summed E-state index contributed by atoms with van der Waals surface area (Å²) < 4.78 is 41.6. The van der Waals surface area contributed by atoms with Crippen molar-refractivity contribution in [3.05, 3.63) is 51.5 Å². The van der Waals surface area contributed by atoms with Crippen molar-refractivity contribution in [1.29, 1.82) is 0 Å². The van der Waals surface area contributed by atoms with Gasteiger partial charge in [0.15, 0.2) is 0 Å². The first kappa shape index (κ1) is 30.8. The van der Waals surface area contributed by atoms with Crippen LogP contribution in [0.2, 0.25) is 0 Å². The highest BCUT2D eigenvalue weighted by atomic mass is 79.9. The second kappa shape index (κ2) is 14.1. The lowest BCUT2D eigenvalue weighted by molar-refractivity contribution is 0.0467. The average Bonchev–Trinajstić information content (AvgIpc) is 2.95. The summed E-state index contributed by atoms with van der Waals surface area (Å²) in [6.07, 6.45) is 6.46. The van der Waals surface area contributed by atoms with Crippen molar-refractivity contribution in [2.75, 3.05) is 51.7 Å². The van der Waals surface area contributed by atoms with E-state index in [0.29, 0.717) is 29.5 Å². The van der Waals surface area contributed by atoms with Gasteiger partial charge in [0, 0.05) is 36.3 Å². The van der Waals surface area contributed by atoms with Crippen LogP contribution in [0.4, 0.5) is 5.69 Å². The van der Waals surface area contributed by atoms with Crippen LogP contribution < -0.4 is 15.8 Å². The molecule has 0 spiro atoms. The lowest BCUT2D eigenvalue weighted by atomic mass is 9.94. The quantitative estimate of drug-likeness (QED) is 0.312. The number of nitrogens with two attached hydrogens (primary N) is 1. The monoisotopic (exact) mass is 637 g/mol. The molecule has 0 radical (unpaired) electrons. The summed E-state index contributed by atoms with van der Waals surface area (Å²) in [4.78, 5) is 15.4. The number of rotatable bonds is 6. The maximum atomic E-state index is 12.9. The minimum Gasteiger partial charge on any atom is -0.492 e. The number of fused-ring (bicyclic) bond motifs is 1. The fraction of sp³-hybridized carbons (Fsp3) is 0.552. The number of nitrogen functional groups attached to an aromatic ring is 1. The van der Waals surface area contributed by atoms with Gasteiger partial charge in [-0.1, -0.05) is 17.7 Å². The third-order valence-electron chi connectivity index (χ3n) is 7.87. The Morgan fingerprint density at radius 3 is 2.42 bits per heavy atom. The summed E-state index contributed by atoms with van der Waals surface area (Å²) >= 11 is 3.49. The van der Waals surface area contributed by atoms with E-state index >= 15 is 0 Å². The molecule has 220 valence electrons. The summed E-state index contributed by atoms with van der Waals surface area (Å²) in [7, 11) is -4.02. The molecule has 3 heterocycles. The molecule has 40 heavy (non-hydrogen) atoms. The number of anilines is 1. The first-order valence-corrected chi connectivity index (χ1v) is 16.2. The Balaban J connectivity index is 0.000000283. The van der Waals surface area contributed by atoms with E-state index in [1.165, 1.54) is 31.5 Å². The number of halogens is 1. The smallest absolute Gasteiger partial charge is 0.294 e. The van der Waals surface area contributed by atoms with Gasteiger partial charge in [-0.25, -0.2) is 0 Å². The van der Waals surface area contributed by atoms with Crippen LogP contribution in [0.3, 0.4) is 0 Å². The fourth-order valence-electron chi connectivity index (χ4n) is 5.41. The number of hydrogen-bond donors (Lipinski definition) is 3. The zero-order valence-corrected chi connectivity index (χ0v) is 25.4. The Hall–Kier alpha value is -2.18. The Bertz CT molecular complexity index is 1260. The first-order valence-electron chi connectivity index (χ1n) is 14.0. The van der Waals surface area contributed by atoms with Gasteiger partial charge in [0.2, 0.25) is 0 Å². The molecule has 0 aliphatic carbocycles. The number of carbonyl (C=O) groups is 1. The van der Waals surface area contributed by atoms with Gasteiger partial charge in [-0.15, -0.1) is 0 Å². The van der Waals surface area contributed by atoms with Crippen molar-refractivity contribution >= 4 is 37.6 Å². The molecule has 2 aromatic rings. The fourth-order valence-corrected chi connectivity index (χ4v) is 6.36. The Morgan fingerprint density at radius 1 is 1.10 bits per heavy atom. The largest absolute Gasteiger partial charge is 0.492 e. The van der Waals surface area contributed by atoms with Gasteiger partial charge in [0.1, 0.15) is 5.75 Å². The van der Waals surface area contributed by atoms with Gasteiger partial charge in [-0.05, 0) is 105 Å². The van der Waals surface area contributed by atoms with Crippen LogP contribution in [-0.2, 0) is 21.3 Å². The first-order chi connectivity index (χ1) is 19.1. The topological polar surface area (TPSA) is 131 Å². The predicted molar refractivity (Wildman–Crippen MR) is 158 cm³/mol. The van der Waals surface area contributed by atoms with E-state index in [9.17, 15) is 13.2 Å². The second-order valence-electron chi connectivity index (χ2n) is 10.9. The molecule has 9 nitrogen and oxygen atoms in total. The van der Waals surface area contributed by atoms with Crippen molar-refractivity contribution in [3.8, 4) is 5.75 Å². The molecule has 2 fully saturated rings. The zero-order chi connectivity index (χ0) is 28.7. The van der Waals surface area contributed by atoms with E-state index in [2.05, 4.69) is 26.1 Å². The number of benzene rings is 2. The van der Waals surface area contributed by atoms with Crippen molar-refractivity contribution in [2.45, 2.75) is 50.3 Å². The second-order valence-corrected chi connectivity index (χ2v) is 13.2. The van der Waals surface area contributed by atoms with E-state index in [1.807, 2.05) is 6.92 Å². The standard InChI is InChI=1S/C22H32BrN3O3.C7H8O3S/c23-19-12-18(21-17(20(19)24)2-1-9-29-21)22(27)25-13-15-3-7-26(8-4-15)14-16-5-10-28-11-6-16;1-6-2-4-7(5-3-6)11(8,9)10/h12,15-16H,1-11,13-14,24H2,(H,25,27);2-5H,1H3,(H,8,9,10). The molecule has 2 saturated heterocycles. The molecule has 0 saturated carbocycles. The molecule has 0 aromatic heterocycles. The van der Waals surface area contributed by atoms with E-state index in [4.69, 9.17) is 19.8 Å². The van der Waals surface area contributed by atoms with Crippen LogP contribution in [0.25, 0.3) is 0 Å². The number of likely N-dealkylation sites (tertiary alicyclic amines) is 1. The Kier molecular flexibility index (Phi) is 10.9. The third kappa shape index (κ3) is 8.42. The maximum absolute atomic E-state index is 12.9. The molecule has 3 aliphatic heterocycles. The van der Waals surface area contributed by atoms with Crippen LogP contribution in [0.5, 0.6) is 5.75 Å². The van der Waals surface area contributed by atoms with Crippen LogP contribution in [0.15, 0.2) is 39.7 Å². The lowest BCUT2D eigenvalue weighted by Crippen LogP contribution is -2.41. The van der Waals surface area contributed by atoms with Crippen LogP contribution in [0.1, 0.15) is 53.6 Å². The van der Waals surface area contributed by atoms with Gasteiger partial charge in [-0.3, -0.25) is 9.35 Å². The molecular weight excluding hydrogens is 598 g/mol. The molecule has 11 heteroatoms. The zero-order valence-electron chi connectivity index (χ0n) is 23.0. The highest BCUT2D eigenvalue weighted by Crippen LogP contribution is 2.38. The molecule has 5 rings (SSSR count). The summed E-state index contributed by atoms with van der Waals surface area (Å²) in [6.45, 7) is 8.50. The number of carbonyl (C=O) groups excluding carboxylic acids is 1. The van der Waals surface area contributed by atoms with Gasteiger partial charge >= 0.3 is 0 Å². The number of piperidine rings is 1. The van der Waals surface area contributed by atoms with Gasteiger partial charge < -0.3 is 25.4 Å². The predicted octanol–water partition coefficient (Wildman–Crippen LogP) is 4.47. The summed E-state index contributed by atoms with van der Waals surface area (Å²) in [5.74, 6) is 1.93. The molecule has 3 aliphatic rings. The minimum absolute atomic E-state index is 0.0616. The molecule has 0 atom stereocenters. The van der Waals surface area contributed by atoms with E-state index < -0.39 is 10.1 Å². The molecule has 0 unspecified atom stereocenters. The minimum atomic E-state index is -4.02. The highest BCUT2D eigenvalue weighted by molar-refractivity contribution is 9.10. The summed E-state index contributed by atoms with van der Waals surface area (Å²) in [5.41, 5.74) is 9.37. The molecular formula is C29H40BrN3O6S. The van der Waals surface area contributed by atoms with E-state index in [0.717, 1.165) is 80.0 Å². The van der Waals surface area contributed by atoms with Crippen molar-refractivity contribution in [3.63, 3.8) is 0 Å². The summed E-state index contributed by atoms with van der Waals surface area (Å²) in [5, 5.41) is 3.15. The van der Waals surface area contributed by atoms with Gasteiger partial charge in [0.25, 0.3) is 16.0 Å². The van der Waals surface area contributed by atoms with Crippen LogP contribution >= 0.6 is 15.9 Å². The highest BCUT2D eigenvalue weighted by Gasteiger charge is 2.26. The number of nitrogens with one attached hydrogen (secondary N) is 1.